The standard InChI is InChI=1S/C7H8N2S/c1-2-5-3-6-7(10-5)9-4-8-6/h3-4H,2H2,1H3,(H,8,9). The van der Waals surface area contributed by atoms with Crippen LogP contribution in [0.1, 0.15) is 11.8 Å². The molecule has 2 rings (SSSR count). The molecular weight excluding hydrogens is 144 g/mol. The first-order valence-electron chi connectivity index (χ1n) is 3.32. The number of nitrogens with one attached hydrogen (secondary N) is 1. The molecule has 0 aliphatic rings. The van der Waals surface area contributed by atoms with Crippen molar-refractivity contribution < 1.29 is 0 Å². The van der Waals surface area contributed by atoms with Crippen LogP contribution in [-0.2, 0) is 6.42 Å². The number of imidazole rings is 1. The summed E-state index contributed by atoms with van der Waals surface area (Å²) >= 11 is 1.76. The predicted octanol–water partition coefficient (Wildman–Crippen LogP) is 2.19. The monoisotopic (exact) mass is 152 g/mol. The van der Waals surface area contributed by atoms with E-state index in [1.54, 1.807) is 17.7 Å². The van der Waals surface area contributed by atoms with Crippen LogP contribution in [-0.4, -0.2) is 9.97 Å². The summed E-state index contributed by atoms with van der Waals surface area (Å²) in [6.45, 7) is 2.16. The van der Waals surface area contributed by atoms with Gasteiger partial charge in [-0.15, -0.1) is 11.3 Å². The zero-order valence-corrected chi connectivity index (χ0v) is 6.53. The Morgan fingerprint density at radius 1 is 1.70 bits per heavy atom. The Hall–Kier alpha value is -0.830. The third kappa shape index (κ3) is 0.743. The Morgan fingerprint density at radius 2 is 2.60 bits per heavy atom. The van der Waals surface area contributed by atoms with Crippen LogP contribution in [0.3, 0.4) is 0 Å². The molecule has 10 heavy (non-hydrogen) atoms. The van der Waals surface area contributed by atoms with E-state index in [1.165, 1.54) is 10.4 Å². The molecule has 0 aromatic carbocycles. The van der Waals surface area contributed by atoms with Gasteiger partial charge in [0.1, 0.15) is 4.83 Å². The van der Waals surface area contributed by atoms with Gasteiger partial charge in [0, 0.05) is 4.88 Å². The molecule has 0 amide bonds. The molecule has 0 bridgehead atoms. The molecule has 0 fully saturated rings. The number of hydrogen-bond donors (Lipinski definition) is 1. The highest BCUT2D eigenvalue weighted by atomic mass is 32.1. The number of thiophene rings is 1. The maximum Gasteiger partial charge on any atom is 0.141 e. The smallest absolute Gasteiger partial charge is 0.141 e. The molecule has 0 aliphatic carbocycles. The highest BCUT2D eigenvalue weighted by Crippen LogP contribution is 2.21. The van der Waals surface area contributed by atoms with Crippen LogP contribution in [0.4, 0.5) is 0 Å². The number of aromatic amines is 1. The lowest BCUT2D eigenvalue weighted by molar-refractivity contribution is 1.19. The third-order valence-corrected chi connectivity index (χ3v) is 2.70. The Kier molecular flexibility index (Phi) is 1.24. The van der Waals surface area contributed by atoms with E-state index >= 15 is 0 Å². The quantitative estimate of drug-likeness (QED) is 0.666. The van der Waals surface area contributed by atoms with E-state index in [1.807, 2.05) is 0 Å². The van der Waals surface area contributed by atoms with Gasteiger partial charge in [0.05, 0.1) is 11.8 Å². The summed E-state index contributed by atoms with van der Waals surface area (Å²) in [7, 11) is 0. The van der Waals surface area contributed by atoms with E-state index in [-0.39, 0.29) is 0 Å². The van der Waals surface area contributed by atoms with Crippen molar-refractivity contribution in [3.8, 4) is 0 Å². The summed E-state index contributed by atoms with van der Waals surface area (Å²) in [5, 5.41) is 0. The molecule has 0 aliphatic heterocycles. The van der Waals surface area contributed by atoms with E-state index in [2.05, 4.69) is 23.0 Å². The number of H-pyrrole nitrogens is 1. The summed E-state index contributed by atoms with van der Waals surface area (Å²) in [5.74, 6) is 0. The topological polar surface area (TPSA) is 28.7 Å². The Morgan fingerprint density at radius 3 is 3.30 bits per heavy atom. The Labute approximate surface area is 62.9 Å². The highest BCUT2D eigenvalue weighted by Gasteiger charge is 1.99. The highest BCUT2D eigenvalue weighted by molar-refractivity contribution is 7.18. The van der Waals surface area contributed by atoms with Crippen molar-refractivity contribution in [1.29, 1.82) is 0 Å². The Bertz CT molecular complexity index is 305. The van der Waals surface area contributed by atoms with Crippen molar-refractivity contribution in [3.63, 3.8) is 0 Å². The first-order valence-corrected chi connectivity index (χ1v) is 4.13. The van der Waals surface area contributed by atoms with Gasteiger partial charge in [0.25, 0.3) is 0 Å². The molecule has 0 saturated carbocycles. The molecule has 1 N–H and O–H groups in total. The van der Waals surface area contributed by atoms with Gasteiger partial charge >= 0.3 is 0 Å². The average molecular weight is 152 g/mol. The van der Waals surface area contributed by atoms with E-state index in [0.29, 0.717) is 0 Å². The molecule has 0 spiro atoms. The van der Waals surface area contributed by atoms with E-state index < -0.39 is 0 Å². The van der Waals surface area contributed by atoms with Gasteiger partial charge in [-0.25, -0.2) is 4.98 Å². The van der Waals surface area contributed by atoms with Gasteiger partial charge in [0.15, 0.2) is 0 Å². The van der Waals surface area contributed by atoms with Gasteiger partial charge in [-0.05, 0) is 12.5 Å². The van der Waals surface area contributed by atoms with Crippen LogP contribution in [0.2, 0.25) is 0 Å². The fourth-order valence-electron chi connectivity index (χ4n) is 0.965. The van der Waals surface area contributed by atoms with Crippen LogP contribution in [0.25, 0.3) is 10.3 Å². The number of aromatic nitrogens is 2. The normalized spacial score (nSPS) is 10.9. The van der Waals surface area contributed by atoms with Gasteiger partial charge in [0.2, 0.25) is 0 Å². The SMILES string of the molecule is CCc1cc2[nH]cnc2s1. The van der Waals surface area contributed by atoms with Crippen LogP contribution >= 0.6 is 11.3 Å². The van der Waals surface area contributed by atoms with Gasteiger partial charge in [-0.2, -0.15) is 0 Å². The van der Waals surface area contributed by atoms with Crippen molar-refractivity contribution in [3.05, 3.63) is 17.3 Å². The minimum atomic E-state index is 1.11. The third-order valence-electron chi connectivity index (χ3n) is 1.51. The van der Waals surface area contributed by atoms with E-state index in [0.717, 1.165) is 11.3 Å². The lowest BCUT2D eigenvalue weighted by atomic mass is 10.4. The fourth-order valence-corrected chi connectivity index (χ4v) is 1.87. The summed E-state index contributed by atoms with van der Waals surface area (Å²) in [6, 6.07) is 2.16. The molecule has 2 aromatic rings. The first-order chi connectivity index (χ1) is 4.90. The zero-order chi connectivity index (χ0) is 6.97. The first kappa shape index (κ1) is 5.92. The lowest BCUT2D eigenvalue weighted by Gasteiger charge is -1.80. The minimum absolute atomic E-state index is 1.11. The molecule has 0 saturated heterocycles. The second kappa shape index (κ2) is 2.09. The second-order valence-corrected chi connectivity index (χ2v) is 3.30. The molecule has 0 atom stereocenters. The lowest BCUT2D eigenvalue weighted by Crippen LogP contribution is -1.66. The maximum absolute atomic E-state index is 4.15. The van der Waals surface area contributed by atoms with Crippen molar-refractivity contribution in [2.45, 2.75) is 13.3 Å². The number of nitrogens with zero attached hydrogens (tertiary/aromatic N) is 1. The predicted molar refractivity (Wildman–Crippen MR) is 43.3 cm³/mol. The molecule has 2 aromatic heterocycles. The largest absolute Gasteiger partial charge is 0.344 e. The van der Waals surface area contributed by atoms with Crippen LogP contribution in [0, 0.1) is 0 Å². The number of rotatable bonds is 1. The van der Waals surface area contributed by atoms with Gasteiger partial charge < -0.3 is 4.98 Å². The zero-order valence-electron chi connectivity index (χ0n) is 5.72. The molecule has 0 unspecified atom stereocenters. The van der Waals surface area contributed by atoms with Gasteiger partial charge in [-0.3, -0.25) is 0 Å². The summed E-state index contributed by atoms with van der Waals surface area (Å²) < 4.78 is 0. The van der Waals surface area contributed by atoms with Crippen molar-refractivity contribution in [2.75, 3.05) is 0 Å². The van der Waals surface area contributed by atoms with Crippen LogP contribution < -0.4 is 0 Å². The molecule has 0 radical (unpaired) electrons. The summed E-state index contributed by atoms with van der Waals surface area (Å²) in [5.41, 5.74) is 1.17. The molecule has 2 nitrogen and oxygen atoms in total. The maximum atomic E-state index is 4.15. The minimum Gasteiger partial charge on any atom is -0.344 e. The Balaban J connectivity index is 2.67. The summed E-state index contributed by atoms with van der Waals surface area (Å²) in [6.07, 6.45) is 2.84. The summed E-state index contributed by atoms with van der Waals surface area (Å²) in [4.78, 5) is 9.74. The molecule has 3 heteroatoms. The average Bonchev–Trinajstić information content (AvgIpc) is 2.42. The van der Waals surface area contributed by atoms with Crippen molar-refractivity contribution >= 4 is 21.7 Å². The molecule has 52 valence electrons. The second-order valence-electron chi connectivity index (χ2n) is 2.19. The molecular formula is C7H8N2S. The van der Waals surface area contributed by atoms with Crippen molar-refractivity contribution in [2.24, 2.45) is 0 Å². The number of hydrogen-bond acceptors (Lipinski definition) is 2. The number of aryl methyl sites for hydroxylation is 1. The van der Waals surface area contributed by atoms with Crippen LogP contribution in [0.5, 0.6) is 0 Å². The fraction of sp³-hybridized carbons (Fsp3) is 0.286. The van der Waals surface area contributed by atoms with E-state index in [9.17, 15) is 0 Å². The van der Waals surface area contributed by atoms with Crippen molar-refractivity contribution in [1.82, 2.24) is 9.97 Å². The molecule has 2 heterocycles. The van der Waals surface area contributed by atoms with Crippen LogP contribution in [0.15, 0.2) is 12.4 Å². The number of fused-ring (bicyclic) bond motifs is 1. The van der Waals surface area contributed by atoms with Gasteiger partial charge in [-0.1, -0.05) is 6.92 Å². The van der Waals surface area contributed by atoms with E-state index in [4.69, 9.17) is 0 Å².